The third-order valence-electron chi connectivity index (χ3n) is 2.86. The second-order valence-electron chi connectivity index (χ2n) is 5.04. The van der Waals surface area contributed by atoms with Crippen LogP contribution in [-0.2, 0) is 6.54 Å². The predicted molar refractivity (Wildman–Crippen MR) is 106 cm³/mol. The second-order valence-corrected chi connectivity index (χ2v) is 6.04. The number of anilines is 1. The molecule has 0 aliphatic rings. The van der Waals surface area contributed by atoms with Crippen LogP contribution in [0.3, 0.4) is 0 Å². The van der Waals surface area contributed by atoms with Crippen molar-refractivity contribution >= 4 is 47.0 Å². The maximum atomic E-state index is 5.90. The Bertz CT molecular complexity index is 608. The van der Waals surface area contributed by atoms with Crippen molar-refractivity contribution in [3.05, 3.63) is 46.2 Å². The molecule has 0 aliphatic heterocycles. The first-order valence-electron chi connectivity index (χ1n) is 6.91. The summed E-state index contributed by atoms with van der Waals surface area (Å²) in [6.07, 6.45) is 0.171. The number of halogens is 1. The fraction of sp³-hybridized carbons (Fsp3) is 0.312. The first-order chi connectivity index (χ1) is 10.0. The molecule has 0 aliphatic carbocycles. The van der Waals surface area contributed by atoms with E-state index in [9.17, 15) is 0 Å². The number of nitrogens with zero attached hydrogens (tertiary/aromatic N) is 1. The zero-order valence-corrected chi connectivity index (χ0v) is 16.1. The molecule has 1 aromatic heterocycles. The molecule has 0 saturated heterocycles. The fourth-order valence-electron chi connectivity index (χ4n) is 1.80. The molecule has 2 aromatic rings. The summed E-state index contributed by atoms with van der Waals surface area (Å²) in [6.45, 7) is 6.70. The number of aliphatic imine (C=N–C) groups is 1. The number of hydrogen-bond acceptors (Lipinski definition) is 3. The topological polar surface area (TPSA) is 59.6 Å². The number of ether oxygens (including phenoxy) is 1. The van der Waals surface area contributed by atoms with Gasteiger partial charge in [0.25, 0.3) is 0 Å². The summed E-state index contributed by atoms with van der Waals surface area (Å²) in [7, 11) is 0. The van der Waals surface area contributed by atoms with Crippen molar-refractivity contribution in [2.24, 2.45) is 10.7 Å². The number of rotatable bonds is 5. The largest absolute Gasteiger partial charge is 0.491 e. The van der Waals surface area contributed by atoms with Gasteiger partial charge in [-0.2, -0.15) is 0 Å². The number of guanidine groups is 1. The lowest BCUT2D eigenvalue weighted by Gasteiger charge is -2.10. The molecule has 0 fully saturated rings. The summed E-state index contributed by atoms with van der Waals surface area (Å²) in [5.41, 5.74) is 8.06. The minimum atomic E-state index is 0. The first kappa shape index (κ1) is 18.8. The fourth-order valence-corrected chi connectivity index (χ4v) is 2.63. The van der Waals surface area contributed by atoms with Gasteiger partial charge in [0, 0.05) is 10.6 Å². The van der Waals surface area contributed by atoms with E-state index in [1.807, 2.05) is 38.1 Å². The average molecular weight is 431 g/mol. The van der Waals surface area contributed by atoms with E-state index in [1.165, 1.54) is 10.4 Å². The summed E-state index contributed by atoms with van der Waals surface area (Å²) < 4.78 is 5.60. The summed E-state index contributed by atoms with van der Waals surface area (Å²) >= 11 is 1.70. The molecule has 0 spiro atoms. The van der Waals surface area contributed by atoms with Crippen LogP contribution in [0, 0.1) is 6.92 Å². The maximum absolute atomic E-state index is 5.90. The lowest BCUT2D eigenvalue weighted by molar-refractivity contribution is 0.242. The molecule has 0 atom stereocenters. The van der Waals surface area contributed by atoms with Gasteiger partial charge in [0.1, 0.15) is 5.75 Å². The Hall–Kier alpha value is -1.28. The average Bonchev–Trinajstić information content (AvgIpc) is 2.84. The maximum Gasteiger partial charge on any atom is 0.193 e. The second kappa shape index (κ2) is 8.99. The molecule has 1 heterocycles. The van der Waals surface area contributed by atoms with Crippen LogP contribution in [0.4, 0.5) is 5.69 Å². The zero-order chi connectivity index (χ0) is 15.2. The third kappa shape index (κ3) is 5.84. The Labute approximate surface area is 152 Å². The van der Waals surface area contributed by atoms with E-state index in [-0.39, 0.29) is 30.1 Å². The Balaban J connectivity index is 0.00000242. The molecule has 3 N–H and O–H groups in total. The zero-order valence-electron chi connectivity index (χ0n) is 13.0. The van der Waals surface area contributed by atoms with Crippen LogP contribution in [-0.4, -0.2) is 12.1 Å². The van der Waals surface area contributed by atoms with Gasteiger partial charge in [-0.15, -0.1) is 35.3 Å². The Morgan fingerprint density at radius 2 is 1.95 bits per heavy atom. The van der Waals surface area contributed by atoms with Gasteiger partial charge in [0.15, 0.2) is 5.96 Å². The molecule has 6 heteroatoms. The molecule has 2 rings (SSSR count). The quantitative estimate of drug-likeness (QED) is 0.420. The molecule has 1 aromatic carbocycles. The Morgan fingerprint density at radius 3 is 2.50 bits per heavy atom. The predicted octanol–water partition coefficient (Wildman–Crippen LogP) is 4.39. The van der Waals surface area contributed by atoms with Gasteiger partial charge in [-0.25, -0.2) is 4.99 Å². The summed E-state index contributed by atoms with van der Waals surface area (Å²) in [5, 5.41) is 5.15. The molecule has 0 radical (unpaired) electrons. The van der Waals surface area contributed by atoms with Crippen molar-refractivity contribution in [3.8, 4) is 5.75 Å². The van der Waals surface area contributed by atoms with Crippen molar-refractivity contribution in [2.45, 2.75) is 33.4 Å². The van der Waals surface area contributed by atoms with Crippen molar-refractivity contribution in [2.75, 3.05) is 5.32 Å². The SMILES string of the molecule is Cc1ccsc1CN=C(N)Nc1ccc(OC(C)C)cc1.I. The number of aryl methyl sites for hydroxylation is 1. The van der Waals surface area contributed by atoms with Crippen LogP contribution in [0.5, 0.6) is 5.75 Å². The van der Waals surface area contributed by atoms with Crippen molar-refractivity contribution in [3.63, 3.8) is 0 Å². The Kier molecular flexibility index (Phi) is 7.67. The number of nitrogens with one attached hydrogen (secondary N) is 1. The van der Waals surface area contributed by atoms with E-state index in [1.54, 1.807) is 11.3 Å². The van der Waals surface area contributed by atoms with Gasteiger partial charge < -0.3 is 15.8 Å². The molecule has 4 nitrogen and oxygen atoms in total. The van der Waals surface area contributed by atoms with Crippen LogP contribution >= 0.6 is 35.3 Å². The molecule has 0 bridgehead atoms. The number of nitrogens with two attached hydrogens (primary N) is 1. The van der Waals surface area contributed by atoms with E-state index >= 15 is 0 Å². The van der Waals surface area contributed by atoms with Crippen molar-refractivity contribution in [1.29, 1.82) is 0 Å². The van der Waals surface area contributed by atoms with Crippen LogP contribution in [0.1, 0.15) is 24.3 Å². The normalized spacial score (nSPS) is 11.2. The number of benzene rings is 1. The highest BCUT2D eigenvalue weighted by atomic mass is 127. The summed E-state index contributed by atoms with van der Waals surface area (Å²) in [4.78, 5) is 5.59. The molecular formula is C16H22IN3OS. The third-order valence-corrected chi connectivity index (χ3v) is 3.87. The van der Waals surface area contributed by atoms with E-state index in [4.69, 9.17) is 10.5 Å². The minimum Gasteiger partial charge on any atom is -0.491 e. The highest BCUT2D eigenvalue weighted by molar-refractivity contribution is 14.0. The lowest BCUT2D eigenvalue weighted by atomic mass is 10.3. The Morgan fingerprint density at radius 1 is 1.27 bits per heavy atom. The molecule has 0 amide bonds. The highest BCUT2D eigenvalue weighted by Gasteiger charge is 2.01. The van der Waals surface area contributed by atoms with Gasteiger partial charge in [-0.1, -0.05) is 0 Å². The van der Waals surface area contributed by atoms with Gasteiger partial charge in [0.2, 0.25) is 0 Å². The summed E-state index contributed by atoms with van der Waals surface area (Å²) in [5.74, 6) is 1.26. The van der Waals surface area contributed by atoms with Crippen LogP contribution in [0.25, 0.3) is 0 Å². The van der Waals surface area contributed by atoms with E-state index in [0.717, 1.165) is 11.4 Å². The smallest absolute Gasteiger partial charge is 0.193 e. The molecule has 22 heavy (non-hydrogen) atoms. The van der Waals surface area contributed by atoms with E-state index < -0.39 is 0 Å². The highest BCUT2D eigenvalue weighted by Crippen LogP contribution is 2.18. The number of thiophene rings is 1. The van der Waals surface area contributed by atoms with Crippen molar-refractivity contribution < 1.29 is 4.74 Å². The minimum absolute atomic E-state index is 0. The molecule has 0 unspecified atom stereocenters. The molecule has 0 saturated carbocycles. The van der Waals surface area contributed by atoms with Crippen LogP contribution < -0.4 is 15.8 Å². The summed E-state index contributed by atoms with van der Waals surface area (Å²) in [6, 6.07) is 9.78. The van der Waals surface area contributed by atoms with Crippen LogP contribution in [0.2, 0.25) is 0 Å². The lowest BCUT2D eigenvalue weighted by Crippen LogP contribution is -2.22. The van der Waals surface area contributed by atoms with Gasteiger partial charge in [-0.3, -0.25) is 0 Å². The standard InChI is InChI=1S/C16H21N3OS.HI/c1-11(2)20-14-6-4-13(5-7-14)19-16(17)18-10-15-12(3)8-9-21-15;/h4-9,11H,10H2,1-3H3,(H3,17,18,19);1H. The van der Waals surface area contributed by atoms with E-state index in [2.05, 4.69) is 28.7 Å². The van der Waals surface area contributed by atoms with E-state index in [0.29, 0.717) is 12.5 Å². The molecular weight excluding hydrogens is 409 g/mol. The van der Waals surface area contributed by atoms with Gasteiger partial charge >= 0.3 is 0 Å². The van der Waals surface area contributed by atoms with Crippen LogP contribution in [0.15, 0.2) is 40.7 Å². The molecule has 120 valence electrons. The first-order valence-corrected chi connectivity index (χ1v) is 7.79. The van der Waals surface area contributed by atoms with Gasteiger partial charge in [0.05, 0.1) is 12.6 Å². The monoisotopic (exact) mass is 431 g/mol. The van der Waals surface area contributed by atoms with Crippen molar-refractivity contribution in [1.82, 2.24) is 0 Å². The number of hydrogen-bond donors (Lipinski definition) is 2. The van der Waals surface area contributed by atoms with Gasteiger partial charge in [-0.05, 0) is 62.0 Å².